The molecule has 1 unspecified atom stereocenters. The molecule has 1 amide bonds. The van der Waals surface area contributed by atoms with Crippen LogP contribution in [-0.4, -0.2) is 53.5 Å². The van der Waals surface area contributed by atoms with E-state index in [0.29, 0.717) is 19.4 Å². The number of aromatic nitrogens is 1. The molecule has 1 atom stereocenters. The highest BCUT2D eigenvalue weighted by Gasteiger charge is 2.36. The van der Waals surface area contributed by atoms with Gasteiger partial charge in [-0.05, 0) is 25.0 Å². The molecule has 0 saturated carbocycles. The molecule has 8 nitrogen and oxygen atoms in total. The number of amides is 1. The molecule has 0 bridgehead atoms. The first-order valence-corrected chi connectivity index (χ1v) is 8.11. The summed E-state index contributed by atoms with van der Waals surface area (Å²) in [5, 5.41) is 11.3. The van der Waals surface area contributed by atoms with E-state index in [-0.39, 0.29) is 11.4 Å². The van der Waals surface area contributed by atoms with Gasteiger partial charge in [0.05, 0.1) is 11.8 Å². The number of rotatable bonds is 4. The summed E-state index contributed by atoms with van der Waals surface area (Å²) in [7, 11) is -3.45. The Hall–Kier alpha value is -2.00. The Morgan fingerprint density at radius 1 is 1.48 bits per heavy atom. The zero-order valence-electron chi connectivity index (χ0n) is 11.3. The molecule has 0 spiro atoms. The first-order chi connectivity index (χ1) is 9.79. The maximum Gasteiger partial charge on any atom is 0.335 e. The second-order valence-corrected chi connectivity index (χ2v) is 6.69. The molecule has 0 aliphatic carbocycles. The van der Waals surface area contributed by atoms with E-state index in [2.05, 4.69) is 10.3 Å². The standard InChI is InChI=1S/C12H15N3O5S/c1-21(19,20)15-6-2-3-9(15)11(16)14-10-7-8(12(17)18)4-5-13-10/h4-5,7,9H,2-3,6H2,1H3,(H,17,18)(H,13,14,16). The number of pyridine rings is 1. The van der Waals surface area contributed by atoms with E-state index in [1.54, 1.807) is 0 Å². The Bertz CT molecular complexity index is 673. The Balaban J connectivity index is 2.14. The van der Waals surface area contributed by atoms with E-state index in [4.69, 9.17) is 5.11 Å². The number of nitrogens with zero attached hydrogens (tertiary/aromatic N) is 2. The molecule has 1 fully saturated rings. The van der Waals surface area contributed by atoms with Gasteiger partial charge in [-0.2, -0.15) is 4.31 Å². The first kappa shape index (κ1) is 15.4. The minimum Gasteiger partial charge on any atom is -0.478 e. The highest BCUT2D eigenvalue weighted by atomic mass is 32.2. The highest BCUT2D eigenvalue weighted by molar-refractivity contribution is 7.88. The van der Waals surface area contributed by atoms with Crippen LogP contribution in [0, 0.1) is 0 Å². The average molecular weight is 313 g/mol. The predicted octanol–water partition coefficient (Wildman–Crippen LogP) is 0.142. The number of hydrogen-bond acceptors (Lipinski definition) is 5. The molecule has 2 heterocycles. The van der Waals surface area contributed by atoms with Gasteiger partial charge in [-0.3, -0.25) is 4.79 Å². The third kappa shape index (κ3) is 3.56. The van der Waals surface area contributed by atoms with E-state index in [9.17, 15) is 18.0 Å². The summed E-state index contributed by atoms with van der Waals surface area (Å²) >= 11 is 0. The number of aromatic carboxylic acids is 1. The van der Waals surface area contributed by atoms with Crippen molar-refractivity contribution in [2.75, 3.05) is 18.1 Å². The maximum atomic E-state index is 12.1. The van der Waals surface area contributed by atoms with Gasteiger partial charge in [0.15, 0.2) is 0 Å². The monoisotopic (exact) mass is 313 g/mol. The lowest BCUT2D eigenvalue weighted by Crippen LogP contribution is -2.42. The fourth-order valence-corrected chi connectivity index (χ4v) is 3.36. The molecule has 1 aliphatic heterocycles. The molecule has 1 aromatic heterocycles. The quantitative estimate of drug-likeness (QED) is 0.817. The molecule has 1 aromatic rings. The molecule has 2 N–H and O–H groups in total. The number of sulfonamides is 1. The number of anilines is 1. The van der Waals surface area contributed by atoms with Crippen molar-refractivity contribution in [3.05, 3.63) is 23.9 Å². The van der Waals surface area contributed by atoms with Gasteiger partial charge in [-0.15, -0.1) is 0 Å². The van der Waals surface area contributed by atoms with Crippen molar-refractivity contribution in [2.45, 2.75) is 18.9 Å². The third-order valence-electron chi connectivity index (χ3n) is 3.19. The van der Waals surface area contributed by atoms with Gasteiger partial charge < -0.3 is 10.4 Å². The van der Waals surface area contributed by atoms with Crippen LogP contribution < -0.4 is 5.32 Å². The van der Waals surface area contributed by atoms with Gasteiger partial charge >= 0.3 is 5.97 Å². The Morgan fingerprint density at radius 3 is 2.81 bits per heavy atom. The summed E-state index contributed by atoms with van der Waals surface area (Å²) in [6, 6.07) is 1.74. The molecule has 1 saturated heterocycles. The lowest BCUT2D eigenvalue weighted by atomic mass is 10.2. The zero-order chi connectivity index (χ0) is 15.6. The van der Waals surface area contributed by atoms with Crippen LogP contribution in [0.4, 0.5) is 5.82 Å². The van der Waals surface area contributed by atoms with E-state index >= 15 is 0 Å². The Labute approximate surface area is 121 Å². The van der Waals surface area contributed by atoms with Crippen LogP contribution in [0.2, 0.25) is 0 Å². The van der Waals surface area contributed by atoms with E-state index < -0.39 is 27.9 Å². The van der Waals surface area contributed by atoms with Crippen molar-refractivity contribution in [2.24, 2.45) is 0 Å². The van der Waals surface area contributed by atoms with Gasteiger partial charge in [0, 0.05) is 12.7 Å². The summed E-state index contributed by atoms with van der Waals surface area (Å²) in [5.74, 6) is -1.56. The lowest BCUT2D eigenvalue weighted by Gasteiger charge is -2.21. The summed E-state index contributed by atoms with van der Waals surface area (Å²) < 4.78 is 24.3. The van der Waals surface area contributed by atoms with Crippen molar-refractivity contribution in [3.8, 4) is 0 Å². The van der Waals surface area contributed by atoms with Crippen LogP contribution in [0.15, 0.2) is 18.3 Å². The summed E-state index contributed by atoms with van der Waals surface area (Å²) in [6.45, 7) is 0.305. The smallest absolute Gasteiger partial charge is 0.335 e. The number of carboxylic acids is 1. The van der Waals surface area contributed by atoms with E-state index in [0.717, 1.165) is 10.6 Å². The van der Waals surface area contributed by atoms with Crippen LogP contribution in [0.3, 0.4) is 0 Å². The second-order valence-electron chi connectivity index (χ2n) is 4.76. The zero-order valence-corrected chi connectivity index (χ0v) is 12.1. The van der Waals surface area contributed by atoms with Gasteiger partial charge in [-0.1, -0.05) is 0 Å². The summed E-state index contributed by atoms with van der Waals surface area (Å²) in [6.07, 6.45) is 3.36. The molecule has 21 heavy (non-hydrogen) atoms. The third-order valence-corrected chi connectivity index (χ3v) is 4.48. The van der Waals surface area contributed by atoms with Gasteiger partial charge in [0.25, 0.3) is 0 Å². The number of carboxylic acid groups (broad SMARTS) is 1. The van der Waals surface area contributed by atoms with Crippen LogP contribution >= 0.6 is 0 Å². The number of hydrogen-bond donors (Lipinski definition) is 2. The van der Waals surface area contributed by atoms with Crippen molar-refractivity contribution in [1.29, 1.82) is 0 Å². The molecule has 1 aliphatic rings. The normalized spacial score (nSPS) is 19.4. The van der Waals surface area contributed by atoms with Crippen molar-refractivity contribution >= 4 is 27.7 Å². The SMILES string of the molecule is CS(=O)(=O)N1CCCC1C(=O)Nc1cc(C(=O)O)ccn1. The number of carbonyl (C=O) groups is 2. The first-order valence-electron chi connectivity index (χ1n) is 6.26. The van der Waals surface area contributed by atoms with E-state index in [1.807, 2.05) is 0 Å². The molecule has 0 aromatic carbocycles. The van der Waals surface area contributed by atoms with Crippen LogP contribution in [-0.2, 0) is 14.8 Å². The molecule has 9 heteroatoms. The topological polar surface area (TPSA) is 117 Å². The van der Waals surface area contributed by atoms with Crippen molar-refractivity contribution < 1.29 is 23.1 Å². The second kappa shape index (κ2) is 5.78. The largest absolute Gasteiger partial charge is 0.478 e. The van der Waals surface area contributed by atoms with Crippen LogP contribution in [0.1, 0.15) is 23.2 Å². The predicted molar refractivity (Wildman–Crippen MR) is 74.4 cm³/mol. The minimum absolute atomic E-state index is 0.00769. The van der Waals surface area contributed by atoms with Gasteiger partial charge in [0.1, 0.15) is 11.9 Å². The Kier molecular flexibility index (Phi) is 4.24. The molecule has 2 rings (SSSR count). The maximum absolute atomic E-state index is 12.1. The molecular weight excluding hydrogens is 298 g/mol. The fourth-order valence-electron chi connectivity index (χ4n) is 2.24. The summed E-state index contributed by atoms with van der Waals surface area (Å²) in [5.41, 5.74) is -0.00769. The molecule has 0 radical (unpaired) electrons. The van der Waals surface area contributed by atoms with Crippen molar-refractivity contribution in [1.82, 2.24) is 9.29 Å². The highest BCUT2D eigenvalue weighted by Crippen LogP contribution is 2.21. The molecule has 114 valence electrons. The number of carbonyl (C=O) groups excluding carboxylic acids is 1. The lowest BCUT2D eigenvalue weighted by molar-refractivity contribution is -0.119. The van der Waals surface area contributed by atoms with Gasteiger partial charge in [0.2, 0.25) is 15.9 Å². The van der Waals surface area contributed by atoms with Crippen LogP contribution in [0.5, 0.6) is 0 Å². The van der Waals surface area contributed by atoms with Gasteiger partial charge in [-0.25, -0.2) is 18.2 Å². The average Bonchev–Trinajstić information content (AvgIpc) is 2.88. The van der Waals surface area contributed by atoms with E-state index in [1.165, 1.54) is 18.3 Å². The van der Waals surface area contributed by atoms with Crippen molar-refractivity contribution in [3.63, 3.8) is 0 Å². The minimum atomic E-state index is -3.45. The van der Waals surface area contributed by atoms with Crippen LogP contribution in [0.25, 0.3) is 0 Å². The molecular formula is C12H15N3O5S. The number of nitrogens with one attached hydrogen (secondary N) is 1. The Morgan fingerprint density at radius 2 is 2.19 bits per heavy atom. The summed E-state index contributed by atoms with van der Waals surface area (Å²) in [4.78, 5) is 26.9. The fraction of sp³-hybridized carbons (Fsp3) is 0.417.